The van der Waals surface area contributed by atoms with Crippen LogP contribution in [0.15, 0.2) is 29.2 Å². The van der Waals surface area contributed by atoms with Crippen LogP contribution in [-0.2, 0) is 19.6 Å². The Morgan fingerprint density at radius 1 is 1.07 bits per heavy atom. The van der Waals surface area contributed by atoms with Gasteiger partial charge in [-0.25, -0.2) is 13.1 Å². The number of fused-ring (bicyclic) bond motifs is 1. The number of halogens is 1. The van der Waals surface area contributed by atoms with E-state index in [4.69, 9.17) is 11.6 Å². The number of carbonyl (C=O) groups is 2. The summed E-state index contributed by atoms with van der Waals surface area (Å²) < 4.78 is 28.0. The Hall–Kier alpha value is -1.64. The van der Waals surface area contributed by atoms with Crippen LogP contribution in [0.4, 0.5) is 0 Å². The third-order valence-electron chi connectivity index (χ3n) is 6.54. The highest BCUT2D eigenvalue weighted by Crippen LogP contribution is 2.30. The molecule has 7 nitrogen and oxygen atoms in total. The molecule has 1 aliphatic carbocycles. The smallest absolute Gasteiger partial charge is 0.245 e. The van der Waals surface area contributed by atoms with E-state index in [1.807, 2.05) is 0 Å². The predicted octanol–water partition coefficient (Wildman–Crippen LogP) is 2.45. The Morgan fingerprint density at radius 3 is 2.47 bits per heavy atom. The lowest BCUT2D eigenvalue weighted by molar-refractivity contribution is -0.152. The van der Waals surface area contributed by atoms with E-state index in [0.29, 0.717) is 30.3 Å². The highest BCUT2D eigenvalue weighted by molar-refractivity contribution is 7.89. The normalized spacial score (nSPS) is 28.2. The van der Waals surface area contributed by atoms with Crippen molar-refractivity contribution in [3.8, 4) is 0 Å². The molecule has 0 radical (unpaired) electrons. The van der Waals surface area contributed by atoms with Gasteiger partial charge >= 0.3 is 0 Å². The van der Waals surface area contributed by atoms with Crippen LogP contribution in [0.3, 0.4) is 0 Å². The number of hydrogen-bond acceptors (Lipinski definition) is 4. The van der Waals surface area contributed by atoms with Crippen LogP contribution in [0, 0.1) is 5.92 Å². The van der Waals surface area contributed by atoms with Gasteiger partial charge < -0.3 is 10.2 Å². The molecule has 4 rings (SSSR count). The van der Waals surface area contributed by atoms with E-state index in [2.05, 4.69) is 10.0 Å². The van der Waals surface area contributed by atoms with Crippen molar-refractivity contribution in [2.45, 2.75) is 74.4 Å². The number of rotatable bonds is 5. The highest BCUT2D eigenvalue weighted by atomic mass is 35.5. The Morgan fingerprint density at radius 2 is 1.77 bits per heavy atom. The maximum absolute atomic E-state index is 13.0. The van der Waals surface area contributed by atoms with Crippen molar-refractivity contribution in [3.63, 3.8) is 0 Å². The van der Waals surface area contributed by atoms with Crippen LogP contribution in [0.25, 0.3) is 0 Å². The van der Waals surface area contributed by atoms with Crippen LogP contribution >= 0.6 is 11.6 Å². The number of piperazine rings is 1. The Bertz CT molecular complexity index is 899. The maximum Gasteiger partial charge on any atom is 0.245 e. The first-order chi connectivity index (χ1) is 14.3. The van der Waals surface area contributed by atoms with Crippen LogP contribution in [0.2, 0.25) is 5.02 Å². The van der Waals surface area contributed by atoms with Gasteiger partial charge in [-0.1, -0.05) is 43.7 Å². The summed E-state index contributed by atoms with van der Waals surface area (Å²) in [7, 11) is -3.72. The van der Waals surface area contributed by atoms with Gasteiger partial charge in [-0.05, 0) is 49.4 Å². The van der Waals surface area contributed by atoms with Crippen molar-refractivity contribution in [1.82, 2.24) is 14.9 Å². The molecule has 0 aromatic heterocycles. The first kappa shape index (κ1) is 21.6. The molecule has 30 heavy (non-hydrogen) atoms. The second-order valence-electron chi connectivity index (χ2n) is 8.64. The van der Waals surface area contributed by atoms with Gasteiger partial charge in [0.25, 0.3) is 0 Å². The number of hydrogen-bond donors (Lipinski definition) is 2. The van der Waals surface area contributed by atoms with Crippen molar-refractivity contribution in [3.05, 3.63) is 29.3 Å². The summed E-state index contributed by atoms with van der Waals surface area (Å²) in [4.78, 5) is 27.5. The highest BCUT2D eigenvalue weighted by Gasteiger charge is 2.44. The van der Waals surface area contributed by atoms with Gasteiger partial charge in [0.15, 0.2) is 0 Å². The topological polar surface area (TPSA) is 95.6 Å². The van der Waals surface area contributed by atoms with Crippen LogP contribution < -0.4 is 10.0 Å². The third kappa shape index (κ3) is 4.65. The van der Waals surface area contributed by atoms with E-state index in [1.54, 1.807) is 4.90 Å². The summed E-state index contributed by atoms with van der Waals surface area (Å²) in [5, 5.41) is 3.37. The number of carbonyl (C=O) groups excluding carboxylic acids is 2. The summed E-state index contributed by atoms with van der Waals surface area (Å²) in [5.41, 5.74) is 0. The maximum atomic E-state index is 13.0. The monoisotopic (exact) mass is 453 g/mol. The number of benzene rings is 1. The number of nitrogens with zero attached hydrogens (tertiary/aromatic N) is 1. The van der Waals surface area contributed by atoms with E-state index in [1.165, 1.54) is 43.5 Å². The van der Waals surface area contributed by atoms with Gasteiger partial charge in [0, 0.05) is 17.6 Å². The molecule has 2 amide bonds. The molecule has 1 aromatic carbocycles. The number of amides is 2. The summed E-state index contributed by atoms with van der Waals surface area (Å²) >= 11 is 5.84. The summed E-state index contributed by atoms with van der Waals surface area (Å²) in [6.45, 7) is 0.381. The lowest BCUT2D eigenvalue weighted by atomic mass is 9.83. The zero-order valence-electron chi connectivity index (χ0n) is 16.8. The quantitative estimate of drug-likeness (QED) is 0.715. The SMILES string of the molecule is O=C1N[C@@H](CC2CCCCC2)C(=O)N2CC[C@@H](NS(=O)(=O)c3ccc(Cl)cc3)C[C@@H]12. The molecule has 3 fully saturated rings. The molecule has 2 N–H and O–H groups in total. The fourth-order valence-electron chi connectivity index (χ4n) is 4.93. The van der Waals surface area contributed by atoms with Crippen molar-refractivity contribution < 1.29 is 18.0 Å². The molecule has 1 aromatic rings. The lowest BCUT2D eigenvalue weighted by Crippen LogP contribution is -2.67. The number of sulfonamides is 1. The van der Waals surface area contributed by atoms with Crippen molar-refractivity contribution >= 4 is 33.4 Å². The van der Waals surface area contributed by atoms with Crippen molar-refractivity contribution in [2.24, 2.45) is 5.92 Å². The average molecular weight is 454 g/mol. The predicted molar refractivity (Wildman–Crippen MR) is 113 cm³/mol. The zero-order chi connectivity index (χ0) is 21.3. The third-order valence-corrected chi connectivity index (χ3v) is 8.33. The second-order valence-corrected chi connectivity index (χ2v) is 10.8. The van der Waals surface area contributed by atoms with Gasteiger partial charge in [-0.2, -0.15) is 0 Å². The molecule has 0 bridgehead atoms. The minimum Gasteiger partial charge on any atom is -0.342 e. The fraction of sp³-hybridized carbons (Fsp3) is 0.619. The molecule has 3 aliphatic rings. The van der Waals surface area contributed by atoms with Gasteiger partial charge in [0.1, 0.15) is 12.1 Å². The van der Waals surface area contributed by atoms with E-state index in [9.17, 15) is 18.0 Å². The van der Waals surface area contributed by atoms with E-state index < -0.39 is 28.1 Å². The minimum absolute atomic E-state index is 0.0239. The molecule has 2 saturated heterocycles. The Kier molecular flexibility index (Phi) is 6.36. The van der Waals surface area contributed by atoms with Gasteiger partial charge in [0.05, 0.1) is 4.90 Å². The molecule has 3 atom stereocenters. The molecule has 9 heteroatoms. The first-order valence-corrected chi connectivity index (χ1v) is 12.6. The molecular weight excluding hydrogens is 426 g/mol. The fourth-order valence-corrected chi connectivity index (χ4v) is 6.34. The Labute approximate surface area is 182 Å². The van der Waals surface area contributed by atoms with Crippen molar-refractivity contribution in [2.75, 3.05) is 6.54 Å². The van der Waals surface area contributed by atoms with Crippen LogP contribution in [0.5, 0.6) is 0 Å². The molecule has 2 aliphatic heterocycles. The molecule has 0 spiro atoms. The number of nitrogens with one attached hydrogen (secondary N) is 2. The van der Waals surface area contributed by atoms with E-state index in [0.717, 1.165) is 12.8 Å². The summed E-state index contributed by atoms with van der Waals surface area (Å²) in [6, 6.07) is 4.49. The van der Waals surface area contributed by atoms with Gasteiger partial charge in [-0.15, -0.1) is 0 Å². The molecular formula is C21H28ClN3O4S. The number of piperidine rings is 1. The Balaban J connectivity index is 1.39. The minimum atomic E-state index is -3.72. The molecule has 0 unspecified atom stereocenters. The standard InChI is InChI=1S/C21H28ClN3O4S/c22-15-6-8-17(9-7-15)30(28,29)24-16-10-11-25-19(13-16)20(26)23-18(21(25)27)12-14-4-2-1-3-5-14/h6-9,14,16,18-19,24H,1-5,10-13H2,(H,23,26)/t16-,18+,19+/m1/s1. The zero-order valence-corrected chi connectivity index (χ0v) is 18.4. The largest absolute Gasteiger partial charge is 0.342 e. The van der Waals surface area contributed by atoms with Crippen LogP contribution in [-0.4, -0.2) is 49.8 Å². The van der Waals surface area contributed by atoms with Gasteiger partial charge in [-0.3, -0.25) is 9.59 Å². The molecule has 1 saturated carbocycles. The summed E-state index contributed by atoms with van der Waals surface area (Å²) in [6.07, 6.45) is 7.36. The summed E-state index contributed by atoms with van der Waals surface area (Å²) in [5.74, 6) is 0.295. The average Bonchev–Trinajstić information content (AvgIpc) is 2.72. The van der Waals surface area contributed by atoms with Gasteiger partial charge in [0.2, 0.25) is 21.8 Å². The van der Waals surface area contributed by atoms with Crippen LogP contribution in [0.1, 0.15) is 51.4 Å². The molecule has 2 heterocycles. The first-order valence-electron chi connectivity index (χ1n) is 10.7. The molecule has 164 valence electrons. The van der Waals surface area contributed by atoms with E-state index in [-0.39, 0.29) is 23.1 Å². The second kappa shape index (κ2) is 8.85. The van der Waals surface area contributed by atoms with Crippen molar-refractivity contribution in [1.29, 1.82) is 0 Å². The van der Waals surface area contributed by atoms with E-state index >= 15 is 0 Å². The lowest BCUT2D eigenvalue weighted by Gasteiger charge is -2.44.